The van der Waals surface area contributed by atoms with E-state index in [1.54, 1.807) is 37.7 Å². The molecular weight excluding hydrogens is 370 g/mol. The van der Waals surface area contributed by atoms with Crippen LogP contribution in [-0.4, -0.2) is 41.2 Å². The number of benzene rings is 1. The van der Waals surface area contributed by atoms with Crippen LogP contribution in [0.25, 0.3) is 11.3 Å². The van der Waals surface area contributed by atoms with Crippen molar-refractivity contribution >= 4 is 23.4 Å². The highest BCUT2D eigenvalue weighted by Crippen LogP contribution is 2.30. The molecule has 0 unspecified atom stereocenters. The lowest BCUT2D eigenvalue weighted by atomic mass is 10.1. The first kappa shape index (κ1) is 20.1. The van der Waals surface area contributed by atoms with E-state index in [4.69, 9.17) is 9.47 Å². The van der Waals surface area contributed by atoms with Crippen molar-refractivity contribution < 1.29 is 14.3 Å². The van der Waals surface area contributed by atoms with Gasteiger partial charge in [0.1, 0.15) is 11.6 Å². The minimum atomic E-state index is -0.434. The minimum absolute atomic E-state index is 0.157. The summed E-state index contributed by atoms with van der Waals surface area (Å²) in [6, 6.07) is 10.7. The molecule has 150 valence electrons. The first-order valence-corrected chi connectivity index (χ1v) is 9.09. The van der Waals surface area contributed by atoms with Gasteiger partial charge in [-0.2, -0.15) is 4.98 Å². The first-order valence-electron chi connectivity index (χ1n) is 9.09. The van der Waals surface area contributed by atoms with Crippen LogP contribution in [0.15, 0.2) is 48.8 Å². The summed E-state index contributed by atoms with van der Waals surface area (Å²) in [5.41, 5.74) is 2.56. The van der Waals surface area contributed by atoms with Crippen LogP contribution >= 0.6 is 0 Å². The topological polar surface area (TPSA) is 98.3 Å². The second kappa shape index (κ2) is 9.01. The summed E-state index contributed by atoms with van der Waals surface area (Å²) in [6.45, 7) is 4.02. The smallest absolute Gasteiger partial charge is 0.337 e. The van der Waals surface area contributed by atoms with Gasteiger partial charge in [-0.25, -0.2) is 9.78 Å². The molecule has 2 heterocycles. The summed E-state index contributed by atoms with van der Waals surface area (Å²) in [5, 5.41) is 6.44. The van der Waals surface area contributed by atoms with E-state index in [1.165, 1.54) is 7.11 Å². The molecule has 0 aliphatic carbocycles. The van der Waals surface area contributed by atoms with Gasteiger partial charge in [0.2, 0.25) is 5.95 Å². The van der Waals surface area contributed by atoms with Gasteiger partial charge in [0, 0.05) is 30.1 Å². The fourth-order valence-electron chi connectivity index (χ4n) is 2.68. The Kier molecular flexibility index (Phi) is 6.23. The molecule has 3 rings (SSSR count). The van der Waals surface area contributed by atoms with Crippen molar-refractivity contribution in [1.29, 1.82) is 0 Å². The van der Waals surface area contributed by atoms with E-state index in [1.807, 2.05) is 32.0 Å². The SMILES string of the molecule is COC(=O)c1ccc(OC)c(Nc2cc(-c3cccnc3)nc(NC(C)C)n2)c1. The van der Waals surface area contributed by atoms with Crippen LogP contribution in [0.3, 0.4) is 0 Å². The molecule has 2 N–H and O–H groups in total. The summed E-state index contributed by atoms with van der Waals surface area (Å²) in [6.07, 6.45) is 3.45. The number of aromatic nitrogens is 3. The number of carbonyl (C=O) groups is 1. The molecular formula is C21H23N5O3. The van der Waals surface area contributed by atoms with E-state index in [0.29, 0.717) is 34.5 Å². The summed E-state index contributed by atoms with van der Waals surface area (Å²) < 4.78 is 10.2. The predicted octanol–water partition coefficient (Wildman–Crippen LogP) is 3.90. The maximum absolute atomic E-state index is 11.9. The molecule has 0 aliphatic heterocycles. The number of rotatable bonds is 7. The van der Waals surface area contributed by atoms with Gasteiger partial charge in [0.15, 0.2) is 0 Å². The number of anilines is 3. The Balaban J connectivity index is 2.03. The van der Waals surface area contributed by atoms with Crippen LogP contribution in [0, 0.1) is 0 Å². The summed E-state index contributed by atoms with van der Waals surface area (Å²) in [5.74, 6) is 1.16. The predicted molar refractivity (Wildman–Crippen MR) is 112 cm³/mol. The molecule has 8 nitrogen and oxygen atoms in total. The Morgan fingerprint density at radius 1 is 1.10 bits per heavy atom. The Morgan fingerprint density at radius 3 is 2.59 bits per heavy atom. The second-order valence-electron chi connectivity index (χ2n) is 6.53. The van der Waals surface area contributed by atoms with Gasteiger partial charge >= 0.3 is 5.97 Å². The standard InChI is InChI=1S/C21H23N5O3/c1-13(2)23-21-25-16(15-6-5-9-22-12-15)11-19(26-21)24-17-10-14(20(27)29-4)7-8-18(17)28-3/h5-13H,1-4H3,(H2,23,24,25,26). The summed E-state index contributed by atoms with van der Waals surface area (Å²) in [7, 11) is 2.90. The minimum Gasteiger partial charge on any atom is -0.495 e. The Morgan fingerprint density at radius 2 is 1.93 bits per heavy atom. The van der Waals surface area contributed by atoms with E-state index >= 15 is 0 Å². The van der Waals surface area contributed by atoms with Crippen LogP contribution in [-0.2, 0) is 4.74 Å². The molecule has 1 aromatic carbocycles. The van der Waals surface area contributed by atoms with Crippen molar-refractivity contribution in [2.75, 3.05) is 24.9 Å². The van der Waals surface area contributed by atoms with Crippen LogP contribution in [0.4, 0.5) is 17.5 Å². The van der Waals surface area contributed by atoms with Gasteiger partial charge in [0.05, 0.1) is 31.2 Å². The summed E-state index contributed by atoms with van der Waals surface area (Å²) >= 11 is 0. The van der Waals surface area contributed by atoms with Gasteiger partial charge in [-0.15, -0.1) is 0 Å². The second-order valence-corrected chi connectivity index (χ2v) is 6.53. The Hall–Kier alpha value is -3.68. The summed E-state index contributed by atoms with van der Waals surface area (Å²) in [4.78, 5) is 25.2. The van der Waals surface area contributed by atoms with Crippen molar-refractivity contribution in [3.63, 3.8) is 0 Å². The maximum Gasteiger partial charge on any atom is 0.337 e. The molecule has 3 aromatic rings. The molecule has 8 heteroatoms. The largest absolute Gasteiger partial charge is 0.495 e. The first-order chi connectivity index (χ1) is 14.0. The molecule has 0 aliphatic rings. The maximum atomic E-state index is 11.9. The van der Waals surface area contributed by atoms with Crippen molar-refractivity contribution in [3.8, 4) is 17.0 Å². The third-order valence-electron chi connectivity index (χ3n) is 3.98. The number of carbonyl (C=O) groups excluding carboxylic acids is 1. The molecule has 0 spiro atoms. The Bertz CT molecular complexity index is 993. The van der Waals surface area contributed by atoms with E-state index in [-0.39, 0.29) is 6.04 Å². The molecule has 0 saturated heterocycles. The van der Waals surface area contributed by atoms with Gasteiger partial charge in [-0.3, -0.25) is 4.98 Å². The Labute approximate surface area is 169 Å². The monoisotopic (exact) mass is 393 g/mol. The zero-order valence-electron chi connectivity index (χ0n) is 16.8. The fourth-order valence-corrected chi connectivity index (χ4v) is 2.68. The lowest BCUT2D eigenvalue weighted by Crippen LogP contribution is -2.13. The van der Waals surface area contributed by atoms with Crippen molar-refractivity contribution in [1.82, 2.24) is 15.0 Å². The average Bonchev–Trinajstić information content (AvgIpc) is 2.73. The van der Waals surface area contributed by atoms with Gasteiger partial charge in [-0.05, 0) is 44.2 Å². The molecule has 0 atom stereocenters. The van der Waals surface area contributed by atoms with Gasteiger partial charge in [-0.1, -0.05) is 0 Å². The third kappa shape index (κ3) is 4.98. The van der Waals surface area contributed by atoms with Crippen molar-refractivity contribution in [3.05, 3.63) is 54.4 Å². The number of nitrogens with one attached hydrogen (secondary N) is 2. The number of hydrogen-bond acceptors (Lipinski definition) is 8. The number of methoxy groups -OCH3 is 2. The normalized spacial score (nSPS) is 10.5. The quantitative estimate of drug-likeness (QED) is 0.583. The van der Waals surface area contributed by atoms with Crippen LogP contribution in [0.2, 0.25) is 0 Å². The number of pyridine rings is 1. The van der Waals surface area contributed by atoms with E-state index in [2.05, 4.69) is 25.6 Å². The highest BCUT2D eigenvalue weighted by molar-refractivity contribution is 5.91. The van der Waals surface area contributed by atoms with Gasteiger partial charge < -0.3 is 20.1 Å². The molecule has 29 heavy (non-hydrogen) atoms. The molecule has 0 fully saturated rings. The zero-order valence-corrected chi connectivity index (χ0v) is 16.8. The molecule has 0 bridgehead atoms. The highest BCUT2D eigenvalue weighted by Gasteiger charge is 2.13. The number of ether oxygens (including phenoxy) is 2. The van der Waals surface area contributed by atoms with Crippen molar-refractivity contribution in [2.45, 2.75) is 19.9 Å². The van der Waals surface area contributed by atoms with Crippen LogP contribution < -0.4 is 15.4 Å². The third-order valence-corrected chi connectivity index (χ3v) is 3.98. The van der Waals surface area contributed by atoms with Crippen LogP contribution in [0.1, 0.15) is 24.2 Å². The van der Waals surface area contributed by atoms with Crippen LogP contribution in [0.5, 0.6) is 5.75 Å². The fraction of sp³-hybridized carbons (Fsp3) is 0.238. The number of nitrogens with zero attached hydrogens (tertiary/aromatic N) is 3. The molecule has 0 saturated carbocycles. The lowest BCUT2D eigenvalue weighted by molar-refractivity contribution is 0.0600. The van der Waals surface area contributed by atoms with E-state index in [9.17, 15) is 4.79 Å². The molecule has 0 radical (unpaired) electrons. The van der Waals surface area contributed by atoms with E-state index in [0.717, 1.165) is 5.56 Å². The highest BCUT2D eigenvalue weighted by atomic mass is 16.5. The van der Waals surface area contributed by atoms with Gasteiger partial charge in [0.25, 0.3) is 0 Å². The lowest BCUT2D eigenvalue weighted by Gasteiger charge is -2.15. The molecule has 0 amide bonds. The average molecular weight is 393 g/mol. The zero-order chi connectivity index (χ0) is 20.8. The number of esters is 1. The number of hydrogen-bond donors (Lipinski definition) is 2. The molecule has 2 aromatic heterocycles. The van der Waals surface area contributed by atoms with Crippen molar-refractivity contribution in [2.24, 2.45) is 0 Å². The van der Waals surface area contributed by atoms with E-state index < -0.39 is 5.97 Å².